The van der Waals surface area contributed by atoms with Gasteiger partial charge >= 0.3 is 0 Å². The van der Waals surface area contributed by atoms with E-state index < -0.39 is 10.0 Å². The SMILES string of the molecule is CS(=O)(=O)NC[C@@H]1CCCCN1C(=O)c1ccc2c(c1)OCCCO2. The second-order valence-electron chi connectivity index (χ2n) is 6.48. The van der Waals surface area contributed by atoms with Crippen molar-refractivity contribution >= 4 is 15.9 Å². The van der Waals surface area contributed by atoms with Crippen molar-refractivity contribution in [3.63, 3.8) is 0 Å². The number of piperidine rings is 1. The lowest BCUT2D eigenvalue weighted by Crippen LogP contribution is -2.49. The standard InChI is InChI=1S/C17H24N2O5S/c1-25(21,22)18-12-14-5-2-3-8-19(14)17(20)13-6-7-15-16(11-13)24-10-4-9-23-15/h6-7,11,14,18H,2-5,8-10,12H2,1H3/t14-/m0/s1. The van der Waals surface area contributed by atoms with E-state index in [4.69, 9.17) is 9.47 Å². The summed E-state index contributed by atoms with van der Waals surface area (Å²) in [5.74, 6) is 1.14. The van der Waals surface area contributed by atoms with Crippen molar-refractivity contribution in [3.05, 3.63) is 23.8 Å². The predicted molar refractivity (Wildman–Crippen MR) is 93.6 cm³/mol. The van der Waals surface area contributed by atoms with E-state index in [-0.39, 0.29) is 18.5 Å². The fraction of sp³-hybridized carbons (Fsp3) is 0.588. The van der Waals surface area contributed by atoms with Gasteiger partial charge in [0.1, 0.15) is 0 Å². The van der Waals surface area contributed by atoms with Gasteiger partial charge in [0.25, 0.3) is 5.91 Å². The molecule has 1 aromatic rings. The molecular formula is C17H24N2O5S. The van der Waals surface area contributed by atoms with Crippen LogP contribution in [0.15, 0.2) is 18.2 Å². The fourth-order valence-corrected chi connectivity index (χ4v) is 3.68. The van der Waals surface area contributed by atoms with Crippen molar-refractivity contribution < 1.29 is 22.7 Å². The molecule has 0 spiro atoms. The van der Waals surface area contributed by atoms with Gasteiger partial charge in [-0.1, -0.05) is 0 Å². The van der Waals surface area contributed by atoms with Crippen LogP contribution in [0.1, 0.15) is 36.0 Å². The summed E-state index contributed by atoms with van der Waals surface area (Å²) in [6.45, 7) is 2.04. The van der Waals surface area contributed by atoms with E-state index in [0.29, 0.717) is 36.8 Å². The molecule has 1 saturated heterocycles. The minimum atomic E-state index is -3.28. The van der Waals surface area contributed by atoms with Gasteiger partial charge in [0.2, 0.25) is 10.0 Å². The number of carbonyl (C=O) groups excluding carboxylic acids is 1. The van der Waals surface area contributed by atoms with E-state index in [1.807, 2.05) is 0 Å². The van der Waals surface area contributed by atoms with Gasteiger partial charge in [0.15, 0.2) is 11.5 Å². The predicted octanol–water partition coefficient (Wildman–Crippen LogP) is 1.39. The Hall–Kier alpha value is -1.80. The summed E-state index contributed by atoms with van der Waals surface area (Å²) in [6.07, 6.45) is 4.64. The Labute approximate surface area is 148 Å². The summed E-state index contributed by atoms with van der Waals surface area (Å²) in [5.41, 5.74) is 0.538. The largest absolute Gasteiger partial charge is 0.490 e. The van der Waals surface area contributed by atoms with Gasteiger partial charge in [-0.3, -0.25) is 4.79 Å². The molecule has 1 atom stereocenters. The van der Waals surface area contributed by atoms with Crippen LogP contribution in [0.25, 0.3) is 0 Å². The number of ether oxygens (including phenoxy) is 2. The fourth-order valence-electron chi connectivity index (χ4n) is 3.19. The molecule has 2 heterocycles. The number of fused-ring (bicyclic) bond motifs is 1. The van der Waals surface area contributed by atoms with Crippen LogP contribution in [-0.4, -0.2) is 57.8 Å². The highest BCUT2D eigenvalue weighted by Gasteiger charge is 2.28. The average Bonchev–Trinajstić information content (AvgIpc) is 2.83. The molecular weight excluding hydrogens is 344 g/mol. The van der Waals surface area contributed by atoms with Crippen LogP contribution in [0.5, 0.6) is 11.5 Å². The third kappa shape index (κ3) is 4.64. The first-order chi connectivity index (χ1) is 11.9. The lowest BCUT2D eigenvalue weighted by molar-refractivity contribution is 0.0618. The summed E-state index contributed by atoms with van der Waals surface area (Å²) in [6, 6.07) is 5.10. The normalized spacial score (nSPS) is 20.8. The molecule has 3 rings (SSSR count). The van der Waals surface area contributed by atoms with Crippen LogP contribution in [0.3, 0.4) is 0 Å². The monoisotopic (exact) mass is 368 g/mol. The van der Waals surface area contributed by atoms with Crippen molar-refractivity contribution in [3.8, 4) is 11.5 Å². The molecule has 7 nitrogen and oxygen atoms in total. The molecule has 1 aromatic carbocycles. The number of benzene rings is 1. The number of likely N-dealkylation sites (tertiary alicyclic amines) is 1. The van der Waals surface area contributed by atoms with Gasteiger partial charge in [0.05, 0.1) is 19.5 Å². The first-order valence-corrected chi connectivity index (χ1v) is 10.5. The molecule has 1 fully saturated rings. The molecule has 0 unspecified atom stereocenters. The van der Waals surface area contributed by atoms with E-state index >= 15 is 0 Å². The van der Waals surface area contributed by atoms with Gasteiger partial charge in [-0.05, 0) is 37.5 Å². The van der Waals surface area contributed by atoms with Crippen molar-refractivity contribution in [2.75, 3.05) is 32.6 Å². The van der Waals surface area contributed by atoms with Gasteiger partial charge in [-0.25, -0.2) is 13.1 Å². The Kier molecular flexibility index (Phi) is 5.48. The molecule has 2 aliphatic heterocycles. The third-order valence-electron chi connectivity index (χ3n) is 4.46. The van der Waals surface area contributed by atoms with Crippen LogP contribution in [-0.2, 0) is 10.0 Å². The molecule has 138 valence electrons. The topological polar surface area (TPSA) is 84.9 Å². The number of nitrogens with zero attached hydrogens (tertiary/aromatic N) is 1. The Morgan fingerprint density at radius 3 is 2.72 bits per heavy atom. The van der Waals surface area contributed by atoms with Gasteiger partial charge in [0, 0.05) is 31.1 Å². The maximum Gasteiger partial charge on any atom is 0.254 e. The molecule has 0 aliphatic carbocycles. The molecule has 1 amide bonds. The molecule has 1 N–H and O–H groups in total. The zero-order valence-electron chi connectivity index (χ0n) is 14.4. The van der Waals surface area contributed by atoms with Crippen molar-refractivity contribution in [2.45, 2.75) is 31.7 Å². The van der Waals surface area contributed by atoms with Gasteiger partial charge in [-0.2, -0.15) is 0 Å². The maximum atomic E-state index is 13.0. The molecule has 0 radical (unpaired) electrons. The lowest BCUT2D eigenvalue weighted by Gasteiger charge is -2.36. The van der Waals surface area contributed by atoms with Crippen molar-refractivity contribution in [2.24, 2.45) is 0 Å². The highest BCUT2D eigenvalue weighted by Crippen LogP contribution is 2.31. The molecule has 8 heteroatoms. The number of amides is 1. The number of hydrogen-bond acceptors (Lipinski definition) is 5. The number of hydrogen-bond donors (Lipinski definition) is 1. The zero-order chi connectivity index (χ0) is 17.9. The minimum Gasteiger partial charge on any atom is -0.490 e. The molecule has 0 saturated carbocycles. The van der Waals surface area contributed by atoms with Gasteiger partial charge in [-0.15, -0.1) is 0 Å². The second kappa shape index (κ2) is 7.61. The Bertz CT molecular complexity index is 735. The summed E-state index contributed by atoms with van der Waals surface area (Å²) in [5, 5.41) is 0. The Morgan fingerprint density at radius 1 is 1.20 bits per heavy atom. The molecule has 25 heavy (non-hydrogen) atoms. The van der Waals surface area contributed by atoms with Crippen molar-refractivity contribution in [1.82, 2.24) is 9.62 Å². The Morgan fingerprint density at radius 2 is 1.96 bits per heavy atom. The lowest BCUT2D eigenvalue weighted by atomic mass is 10.0. The van der Waals surface area contributed by atoms with E-state index in [9.17, 15) is 13.2 Å². The quantitative estimate of drug-likeness (QED) is 0.868. The number of nitrogens with one attached hydrogen (secondary N) is 1. The third-order valence-corrected chi connectivity index (χ3v) is 5.15. The van der Waals surface area contributed by atoms with Crippen LogP contribution < -0.4 is 14.2 Å². The van der Waals surface area contributed by atoms with Crippen LogP contribution >= 0.6 is 0 Å². The first-order valence-electron chi connectivity index (χ1n) is 8.59. The molecule has 2 aliphatic rings. The maximum absolute atomic E-state index is 13.0. The summed E-state index contributed by atoms with van der Waals surface area (Å²) in [7, 11) is -3.28. The highest BCUT2D eigenvalue weighted by atomic mass is 32.2. The Balaban J connectivity index is 1.76. The number of rotatable bonds is 4. The van der Waals surface area contributed by atoms with E-state index in [1.165, 1.54) is 0 Å². The van der Waals surface area contributed by atoms with Crippen molar-refractivity contribution in [1.29, 1.82) is 0 Å². The van der Waals surface area contributed by atoms with Gasteiger partial charge < -0.3 is 14.4 Å². The van der Waals surface area contributed by atoms with E-state index in [2.05, 4.69) is 4.72 Å². The number of sulfonamides is 1. The first kappa shape index (κ1) is 18.0. The van der Waals surface area contributed by atoms with E-state index in [1.54, 1.807) is 23.1 Å². The smallest absolute Gasteiger partial charge is 0.254 e. The summed E-state index contributed by atoms with van der Waals surface area (Å²) >= 11 is 0. The highest BCUT2D eigenvalue weighted by molar-refractivity contribution is 7.88. The number of carbonyl (C=O) groups is 1. The van der Waals surface area contributed by atoms with E-state index in [0.717, 1.165) is 31.9 Å². The van der Waals surface area contributed by atoms with Crippen LogP contribution in [0, 0.1) is 0 Å². The summed E-state index contributed by atoms with van der Waals surface area (Å²) < 4.78 is 36.5. The van der Waals surface area contributed by atoms with Crippen LogP contribution in [0.2, 0.25) is 0 Å². The zero-order valence-corrected chi connectivity index (χ0v) is 15.2. The average molecular weight is 368 g/mol. The molecule has 0 aromatic heterocycles. The summed E-state index contributed by atoms with van der Waals surface area (Å²) in [4.78, 5) is 14.7. The van der Waals surface area contributed by atoms with Crippen LogP contribution in [0.4, 0.5) is 0 Å². The second-order valence-corrected chi connectivity index (χ2v) is 8.31. The molecule has 0 bridgehead atoms. The minimum absolute atomic E-state index is 0.101.